The van der Waals surface area contributed by atoms with E-state index in [1.807, 2.05) is 53.9 Å². The van der Waals surface area contributed by atoms with Gasteiger partial charge in [0, 0.05) is 16.3 Å². The quantitative estimate of drug-likeness (QED) is 0.504. The maximum atomic E-state index is 6.03. The number of hydrogen-bond acceptors (Lipinski definition) is 6. The monoisotopic (exact) mass is 368 g/mol. The van der Waals surface area contributed by atoms with Crippen LogP contribution in [0, 0.1) is 0 Å². The smallest absolute Gasteiger partial charge is 0.224 e. The predicted molar refractivity (Wildman–Crippen MR) is 102 cm³/mol. The molecule has 0 aliphatic heterocycles. The molecule has 0 saturated carbocycles. The Kier molecular flexibility index (Phi) is 4.21. The van der Waals surface area contributed by atoms with Crippen molar-refractivity contribution in [3.63, 3.8) is 0 Å². The fourth-order valence-corrected chi connectivity index (χ4v) is 3.39. The van der Waals surface area contributed by atoms with E-state index >= 15 is 0 Å². The highest BCUT2D eigenvalue weighted by Crippen LogP contribution is 2.30. The topological polar surface area (TPSA) is 59.9 Å². The second-order valence-corrected chi connectivity index (χ2v) is 6.45. The molecule has 0 saturated heterocycles. The third-order valence-electron chi connectivity index (χ3n) is 3.67. The van der Waals surface area contributed by atoms with Crippen molar-refractivity contribution < 1.29 is 4.74 Å². The zero-order valence-electron chi connectivity index (χ0n) is 13.2. The molecule has 4 aromatic rings. The van der Waals surface area contributed by atoms with Crippen LogP contribution in [-0.4, -0.2) is 22.1 Å². The maximum absolute atomic E-state index is 6.03. The van der Waals surface area contributed by atoms with Gasteiger partial charge >= 0.3 is 0 Å². The summed E-state index contributed by atoms with van der Waals surface area (Å²) in [5.41, 5.74) is 2.65. The average Bonchev–Trinajstić information content (AvgIpc) is 3.10. The lowest BCUT2D eigenvalue weighted by Crippen LogP contribution is -1.97. The molecule has 1 N–H and O–H groups in total. The molecule has 5 nitrogen and oxygen atoms in total. The SMILES string of the molecule is COc1cccc(-c2csc(Nc3nc(Cl)nc4ccccc34)n2)c1. The predicted octanol–water partition coefficient (Wildman–Crippen LogP) is 5.16. The Hall–Kier alpha value is -2.70. The van der Waals surface area contributed by atoms with Crippen LogP contribution in [0.15, 0.2) is 53.9 Å². The van der Waals surface area contributed by atoms with Gasteiger partial charge in [-0.2, -0.15) is 4.98 Å². The molecule has 0 fully saturated rings. The molecule has 0 spiro atoms. The van der Waals surface area contributed by atoms with E-state index in [0.29, 0.717) is 5.82 Å². The lowest BCUT2D eigenvalue weighted by Gasteiger charge is -2.06. The van der Waals surface area contributed by atoms with Crippen LogP contribution in [0.3, 0.4) is 0 Å². The normalized spacial score (nSPS) is 10.8. The van der Waals surface area contributed by atoms with Crippen molar-refractivity contribution in [1.29, 1.82) is 0 Å². The molecule has 0 amide bonds. The van der Waals surface area contributed by atoms with Gasteiger partial charge < -0.3 is 10.1 Å². The van der Waals surface area contributed by atoms with Crippen molar-refractivity contribution in [1.82, 2.24) is 15.0 Å². The maximum Gasteiger partial charge on any atom is 0.224 e. The Labute approximate surface area is 153 Å². The third kappa shape index (κ3) is 3.26. The molecule has 4 rings (SSSR count). The van der Waals surface area contributed by atoms with Crippen molar-refractivity contribution >= 4 is 44.8 Å². The van der Waals surface area contributed by atoms with Crippen molar-refractivity contribution in [2.24, 2.45) is 0 Å². The zero-order valence-corrected chi connectivity index (χ0v) is 14.8. The van der Waals surface area contributed by atoms with Gasteiger partial charge in [-0.1, -0.05) is 24.3 Å². The van der Waals surface area contributed by atoms with Gasteiger partial charge in [0.15, 0.2) is 5.13 Å². The summed E-state index contributed by atoms with van der Waals surface area (Å²) in [4.78, 5) is 13.2. The summed E-state index contributed by atoms with van der Waals surface area (Å²) in [7, 11) is 1.65. The number of ether oxygens (including phenoxy) is 1. The van der Waals surface area contributed by atoms with Crippen molar-refractivity contribution in [2.45, 2.75) is 0 Å². The summed E-state index contributed by atoms with van der Waals surface area (Å²) >= 11 is 7.53. The summed E-state index contributed by atoms with van der Waals surface area (Å²) in [5.74, 6) is 1.44. The van der Waals surface area contributed by atoms with Gasteiger partial charge in [-0.3, -0.25) is 0 Å². The zero-order chi connectivity index (χ0) is 17.2. The molecule has 124 valence electrons. The van der Waals surface area contributed by atoms with Gasteiger partial charge in [-0.15, -0.1) is 11.3 Å². The number of methoxy groups -OCH3 is 1. The first-order valence-corrected chi connectivity index (χ1v) is 8.78. The van der Waals surface area contributed by atoms with E-state index in [4.69, 9.17) is 16.3 Å². The van der Waals surface area contributed by atoms with E-state index in [1.165, 1.54) is 11.3 Å². The molecule has 7 heteroatoms. The average molecular weight is 369 g/mol. The van der Waals surface area contributed by atoms with Crippen molar-refractivity contribution in [3.05, 3.63) is 59.2 Å². The van der Waals surface area contributed by atoms with Crippen LogP contribution < -0.4 is 10.1 Å². The number of benzene rings is 2. The lowest BCUT2D eigenvalue weighted by atomic mass is 10.2. The number of nitrogens with zero attached hydrogens (tertiary/aromatic N) is 3. The highest BCUT2D eigenvalue weighted by molar-refractivity contribution is 7.14. The van der Waals surface area contributed by atoms with E-state index in [1.54, 1.807) is 7.11 Å². The van der Waals surface area contributed by atoms with Gasteiger partial charge in [0.05, 0.1) is 18.3 Å². The van der Waals surface area contributed by atoms with Crippen LogP contribution in [0.1, 0.15) is 0 Å². The highest BCUT2D eigenvalue weighted by atomic mass is 35.5. The number of nitrogens with one attached hydrogen (secondary N) is 1. The second-order valence-electron chi connectivity index (χ2n) is 5.25. The minimum absolute atomic E-state index is 0.200. The van der Waals surface area contributed by atoms with Gasteiger partial charge in [-0.25, -0.2) is 9.97 Å². The molecule has 0 atom stereocenters. The first-order chi connectivity index (χ1) is 12.2. The Morgan fingerprint density at radius 2 is 1.92 bits per heavy atom. The first kappa shape index (κ1) is 15.8. The first-order valence-electron chi connectivity index (χ1n) is 7.52. The van der Waals surface area contributed by atoms with Gasteiger partial charge in [0.25, 0.3) is 0 Å². The van der Waals surface area contributed by atoms with Crippen LogP contribution in [0.4, 0.5) is 10.9 Å². The van der Waals surface area contributed by atoms with E-state index in [-0.39, 0.29) is 5.28 Å². The molecular formula is C18H13ClN4OS. The molecule has 0 aliphatic carbocycles. The third-order valence-corrected chi connectivity index (χ3v) is 4.60. The summed E-state index contributed by atoms with van der Waals surface area (Å²) in [5, 5.41) is 7.06. The molecule has 0 radical (unpaired) electrons. The number of halogens is 1. The number of thiazole rings is 1. The minimum atomic E-state index is 0.200. The summed E-state index contributed by atoms with van der Waals surface area (Å²) in [6.45, 7) is 0. The highest BCUT2D eigenvalue weighted by Gasteiger charge is 2.10. The standard InChI is InChI=1S/C18H13ClN4OS/c1-24-12-6-4-5-11(9-12)15-10-25-18(21-15)23-16-13-7-2-3-8-14(13)20-17(19)22-16/h2-10H,1H3,(H,20,21,22,23). The number of rotatable bonds is 4. The van der Waals surface area contributed by atoms with E-state index in [9.17, 15) is 0 Å². The van der Waals surface area contributed by atoms with Gasteiger partial charge in [-0.05, 0) is 35.9 Å². The Balaban J connectivity index is 1.68. The van der Waals surface area contributed by atoms with Crippen LogP contribution in [0.25, 0.3) is 22.2 Å². The lowest BCUT2D eigenvalue weighted by molar-refractivity contribution is 0.415. The van der Waals surface area contributed by atoms with E-state index < -0.39 is 0 Å². The van der Waals surface area contributed by atoms with Crippen LogP contribution >= 0.6 is 22.9 Å². The minimum Gasteiger partial charge on any atom is -0.497 e. The van der Waals surface area contributed by atoms with Crippen LogP contribution in [-0.2, 0) is 0 Å². The van der Waals surface area contributed by atoms with Gasteiger partial charge in [0.2, 0.25) is 5.28 Å². The fraction of sp³-hybridized carbons (Fsp3) is 0.0556. The van der Waals surface area contributed by atoms with Crippen LogP contribution in [0.5, 0.6) is 5.75 Å². The number of hydrogen-bond donors (Lipinski definition) is 1. The molecule has 0 bridgehead atoms. The Morgan fingerprint density at radius 3 is 2.80 bits per heavy atom. The molecule has 2 aromatic heterocycles. The number of anilines is 2. The van der Waals surface area contributed by atoms with Gasteiger partial charge in [0.1, 0.15) is 11.6 Å². The summed E-state index contributed by atoms with van der Waals surface area (Å²) < 4.78 is 5.27. The second kappa shape index (κ2) is 6.66. The van der Waals surface area contributed by atoms with Crippen molar-refractivity contribution in [2.75, 3.05) is 12.4 Å². The number of aromatic nitrogens is 3. The van der Waals surface area contributed by atoms with Crippen LogP contribution in [0.2, 0.25) is 5.28 Å². The molecule has 2 heterocycles. The molecule has 25 heavy (non-hydrogen) atoms. The fourth-order valence-electron chi connectivity index (χ4n) is 2.49. The van der Waals surface area contributed by atoms with E-state index in [0.717, 1.165) is 33.0 Å². The molecule has 0 unspecified atom stereocenters. The summed E-state index contributed by atoms with van der Waals surface area (Å²) in [6, 6.07) is 15.5. The molecule has 2 aromatic carbocycles. The summed E-state index contributed by atoms with van der Waals surface area (Å²) in [6.07, 6.45) is 0. The van der Waals surface area contributed by atoms with Crippen molar-refractivity contribution in [3.8, 4) is 17.0 Å². The number of para-hydroxylation sites is 1. The molecule has 0 aliphatic rings. The largest absolute Gasteiger partial charge is 0.497 e. The Morgan fingerprint density at radius 1 is 1.04 bits per heavy atom. The molecular weight excluding hydrogens is 356 g/mol. The number of fused-ring (bicyclic) bond motifs is 1. The Bertz CT molecular complexity index is 1050. The van der Waals surface area contributed by atoms with E-state index in [2.05, 4.69) is 20.3 Å².